The number of anilines is 2. The van der Waals surface area contributed by atoms with Crippen LogP contribution in [0.4, 0.5) is 24.5 Å². The molecular formula is C28H22ClF3N6O2. The molecule has 2 aromatic carbocycles. The van der Waals surface area contributed by atoms with Crippen molar-refractivity contribution in [2.24, 2.45) is 11.8 Å². The summed E-state index contributed by atoms with van der Waals surface area (Å²) in [5.74, 6) is -0.873. The quantitative estimate of drug-likeness (QED) is 0.300. The summed E-state index contributed by atoms with van der Waals surface area (Å²) in [5, 5.41) is 6.63. The van der Waals surface area contributed by atoms with Crippen LogP contribution in [0.1, 0.15) is 47.4 Å². The third kappa shape index (κ3) is 4.70. The van der Waals surface area contributed by atoms with Crippen LogP contribution in [-0.2, 0) is 4.79 Å². The maximum atomic E-state index is 14.7. The molecule has 204 valence electrons. The standard InChI is InChI=1S/C28H22ClF3N6O2/c1-14(15-2-4-18(5-3-15)37-12-16-8-20(16)28(37)40)38-13-17(9-34-38)35-27(39)23-11-33-10-22(36-23)24-19(26(31)32)6-7-21(29)25(24)30/h2-7,9-11,13-14,16,20,26H,8,12H2,1H3,(H,35,39)/t14?,16-,20-/m1/s1. The van der Waals surface area contributed by atoms with Gasteiger partial charge in [-0.1, -0.05) is 29.8 Å². The number of rotatable bonds is 7. The Hall–Kier alpha value is -4.25. The van der Waals surface area contributed by atoms with Crippen LogP contribution >= 0.6 is 11.6 Å². The van der Waals surface area contributed by atoms with E-state index >= 15 is 0 Å². The van der Waals surface area contributed by atoms with Crippen molar-refractivity contribution in [3.63, 3.8) is 0 Å². The molecule has 2 aromatic heterocycles. The summed E-state index contributed by atoms with van der Waals surface area (Å²) in [6, 6.07) is 9.61. The molecule has 6 rings (SSSR count). The molecule has 40 heavy (non-hydrogen) atoms. The molecule has 2 fully saturated rings. The Morgan fingerprint density at radius 3 is 2.60 bits per heavy atom. The van der Waals surface area contributed by atoms with Gasteiger partial charge in [0, 0.05) is 35.5 Å². The molecule has 2 amide bonds. The summed E-state index contributed by atoms with van der Waals surface area (Å²) in [5.41, 5.74) is 0.626. The van der Waals surface area contributed by atoms with Gasteiger partial charge in [0.25, 0.3) is 12.3 Å². The van der Waals surface area contributed by atoms with Crippen molar-refractivity contribution in [2.75, 3.05) is 16.8 Å². The Balaban J connectivity index is 1.16. The number of nitrogens with zero attached hydrogens (tertiary/aromatic N) is 5. The van der Waals surface area contributed by atoms with Crippen molar-refractivity contribution >= 4 is 34.8 Å². The molecule has 2 aliphatic rings. The van der Waals surface area contributed by atoms with Gasteiger partial charge in [0.2, 0.25) is 5.91 Å². The molecule has 1 unspecified atom stereocenters. The summed E-state index contributed by atoms with van der Waals surface area (Å²) in [4.78, 5) is 35.0. The molecule has 1 saturated heterocycles. The largest absolute Gasteiger partial charge is 0.318 e. The normalized spacial score (nSPS) is 18.6. The zero-order valence-corrected chi connectivity index (χ0v) is 21.8. The molecule has 0 bridgehead atoms. The van der Waals surface area contributed by atoms with Gasteiger partial charge in [0.15, 0.2) is 5.82 Å². The fraction of sp³-hybridized carbons (Fsp3) is 0.250. The maximum Gasteiger partial charge on any atom is 0.275 e. The van der Waals surface area contributed by atoms with Crippen molar-refractivity contribution in [1.82, 2.24) is 19.7 Å². The van der Waals surface area contributed by atoms with Gasteiger partial charge in [-0.3, -0.25) is 19.3 Å². The van der Waals surface area contributed by atoms with E-state index in [9.17, 15) is 22.8 Å². The minimum Gasteiger partial charge on any atom is -0.318 e. The molecule has 1 saturated carbocycles. The Morgan fingerprint density at radius 1 is 1.12 bits per heavy atom. The first kappa shape index (κ1) is 26.0. The number of fused-ring (bicyclic) bond motifs is 1. The van der Waals surface area contributed by atoms with E-state index in [2.05, 4.69) is 20.4 Å². The van der Waals surface area contributed by atoms with E-state index in [4.69, 9.17) is 11.6 Å². The Labute approximate surface area is 231 Å². The Kier molecular flexibility index (Phi) is 6.53. The second-order valence-electron chi connectivity index (χ2n) is 9.90. The molecule has 4 aromatic rings. The predicted octanol–water partition coefficient (Wildman–Crippen LogP) is 5.91. The van der Waals surface area contributed by atoms with Crippen molar-refractivity contribution in [2.45, 2.75) is 25.8 Å². The first-order valence-corrected chi connectivity index (χ1v) is 12.9. The average molecular weight is 567 g/mol. The van der Waals surface area contributed by atoms with Gasteiger partial charge in [0.1, 0.15) is 5.69 Å². The average Bonchev–Trinajstić information content (AvgIpc) is 3.45. The van der Waals surface area contributed by atoms with Gasteiger partial charge in [-0.25, -0.2) is 18.2 Å². The Morgan fingerprint density at radius 2 is 1.90 bits per heavy atom. The van der Waals surface area contributed by atoms with Gasteiger partial charge < -0.3 is 10.2 Å². The highest BCUT2D eigenvalue weighted by atomic mass is 35.5. The molecule has 0 radical (unpaired) electrons. The highest BCUT2D eigenvalue weighted by Gasteiger charge is 2.52. The monoisotopic (exact) mass is 566 g/mol. The smallest absolute Gasteiger partial charge is 0.275 e. The van der Waals surface area contributed by atoms with E-state index in [1.165, 1.54) is 6.20 Å². The van der Waals surface area contributed by atoms with Gasteiger partial charge >= 0.3 is 0 Å². The number of piperidine rings is 1. The number of halogens is 4. The number of aromatic nitrogens is 4. The van der Waals surface area contributed by atoms with Crippen molar-refractivity contribution < 1.29 is 22.8 Å². The lowest BCUT2D eigenvalue weighted by atomic mass is 10.0. The fourth-order valence-electron chi connectivity index (χ4n) is 5.01. The van der Waals surface area contributed by atoms with Gasteiger partial charge in [-0.15, -0.1) is 0 Å². The number of amides is 2. The lowest BCUT2D eigenvalue weighted by Gasteiger charge is -2.19. The van der Waals surface area contributed by atoms with Crippen LogP contribution < -0.4 is 10.2 Å². The first-order valence-electron chi connectivity index (χ1n) is 12.6. The van der Waals surface area contributed by atoms with Crippen LogP contribution in [0, 0.1) is 17.7 Å². The third-order valence-corrected chi connectivity index (χ3v) is 7.64. The zero-order chi connectivity index (χ0) is 28.1. The van der Waals surface area contributed by atoms with E-state index in [0.717, 1.165) is 48.7 Å². The number of carbonyl (C=O) groups excluding carboxylic acids is 2. The fourth-order valence-corrected chi connectivity index (χ4v) is 5.17. The molecule has 1 aliphatic heterocycles. The minimum absolute atomic E-state index is 0.177. The number of alkyl halides is 2. The van der Waals surface area contributed by atoms with Crippen LogP contribution in [0.2, 0.25) is 5.02 Å². The minimum atomic E-state index is -2.99. The lowest BCUT2D eigenvalue weighted by Crippen LogP contribution is -2.27. The van der Waals surface area contributed by atoms with Crippen LogP contribution in [0.25, 0.3) is 11.3 Å². The maximum absolute atomic E-state index is 14.7. The van der Waals surface area contributed by atoms with E-state index in [-0.39, 0.29) is 34.3 Å². The second kappa shape index (κ2) is 10.1. The molecule has 3 atom stereocenters. The zero-order valence-electron chi connectivity index (χ0n) is 21.1. The molecule has 1 N–H and O–H groups in total. The summed E-state index contributed by atoms with van der Waals surface area (Å²) < 4.78 is 43.4. The predicted molar refractivity (Wildman–Crippen MR) is 142 cm³/mol. The second-order valence-corrected chi connectivity index (χ2v) is 10.3. The number of hydrogen-bond donors (Lipinski definition) is 1. The van der Waals surface area contributed by atoms with Crippen LogP contribution in [0.3, 0.4) is 0 Å². The number of benzene rings is 2. The SMILES string of the molecule is CC(c1ccc(N2C[C@H]3C[C@H]3C2=O)cc1)n1cc(NC(=O)c2cncc(-c3c(C(F)F)ccc(Cl)c3F)n2)cn1. The highest BCUT2D eigenvalue weighted by molar-refractivity contribution is 6.31. The Bertz CT molecular complexity index is 1630. The van der Waals surface area contributed by atoms with E-state index in [1.54, 1.807) is 10.9 Å². The number of carbonyl (C=O) groups is 2. The lowest BCUT2D eigenvalue weighted by molar-refractivity contribution is -0.118. The number of hydrogen-bond acceptors (Lipinski definition) is 5. The summed E-state index contributed by atoms with van der Waals surface area (Å²) >= 11 is 5.80. The van der Waals surface area contributed by atoms with Crippen molar-refractivity contribution in [1.29, 1.82) is 0 Å². The molecular weight excluding hydrogens is 545 g/mol. The number of nitrogens with one attached hydrogen (secondary N) is 1. The summed E-state index contributed by atoms with van der Waals surface area (Å²) in [6.45, 7) is 2.72. The molecule has 1 aliphatic carbocycles. The molecule has 0 spiro atoms. The molecule has 3 heterocycles. The van der Waals surface area contributed by atoms with Crippen LogP contribution in [0.5, 0.6) is 0 Å². The summed E-state index contributed by atoms with van der Waals surface area (Å²) in [6.07, 6.45) is 3.34. The van der Waals surface area contributed by atoms with Crippen LogP contribution in [0.15, 0.2) is 61.2 Å². The topological polar surface area (TPSA) is 93.0 Å². The third-order valence-electron chi connectivity index (χ3n) is 7.35. The van der Waals surface area contributed by atoms with Gasteiger partial charge in [-0.2, -0.15) is 5.10 Å². The summed E-state index contributed by atoms with van der Waals surface area (Å²) in [7, 11) is 0. The van der Waals surface area contributed by atoms with Crippen molar-refractivity contribution in [3.05, 3.63) is 88.8 Å². The van der Waals surface area contributed by atoms with Crippen LogP contribution in [-0.4, -0.2) is 38.1 Å². The van der Waals surface area contributed by atoms with Crippen molar-refractivity contribution in [3.8, 4) is 11.3 Å². The highest BCUT2D eigenvalue weighted by Crippen LogP contribution is 2.47. The molecule has 12 heteroatoms. The van der Waals surface area contributed by atoms with Gasteiger partial charge in [0.05, 0.1) is 41.0 Å². The van der Waals surface area contributed by atoms with Gasteiger partial charge in [-0.05, 0) is 43.0 Å². The van der Waals surface area contributed by atoms with E-state index in [0.29, 0.717) is 11.6 Å². The van der Waals surface area contributed by atoms with E-state index < -0.39 is 29.3 Å². The first-order chi connectivity index (χ1) is 19.2. The molecule has 8 nitrogen and oxygen atoms in total. The van der Waals surface area contributed by atoms with E-state index in [1.807, 2.05) is 36.1 Å².